The highest BCUT2D eigenvalue weighted by molar-refractivity contribution is 5.39. The Labute approximate surface area is 105 Å². The first kappa shape index (κ1) is 12.2. The molecule has 0 saturated carbocycles. The van der Waals surface area contributed by atoms with Crippen LogP contribution in [0, 0.1) is 5.92 Å². The van der Waals surface area contributed by atoms with E-state index in [1.807, 2.05) is 0 Å². The third-order valence-electron chi connectivity index (χ3n) is 3.55. The van der Waals surface area contributed by atoms with Gasteiger partial charge in [-0.2, -0.15) is 0 Å². The average molecular weight is 226 g/mol. The first-order valence-electron chi connectivity index (χ1n) is 6.59. The van der Waals surface area contributed by atoms with Crippen LogP contribution >= 0.6 is 0 Å². The van der Waals surface area contributed by atoms with Crippen molar-refractivity contribution in [2.24, 2.45) is 5.92 Å². The molecule has 1 aromatic rings. The van der Waals surface area contributed by atoms with Gasteiger partial charge in [-0.15, -0.1) is 0 Å². The SMILES string of the molecule is CC1=C(CC(C)C)C=CCC1c1ccccc1. The minimum Gasteiger partial charge on any atom is -0.0833 e. The van der Waals surface area contributed by atoms with Gasteiger partial charge in [-0.05, 0) is 36.8 Å². The summed E-state index contributed by atoms with van der Waals surface area (Å²) < 4.78 is 0. The Balaban J connectivity index is 2.26. The molecule has 1 unspecified atom stereocenters. The number of hydrogen-bond acceptors (Lipinski definition) is 0. The van der Waals surface area contributed by atoms with Crippen LogP contribution in [0.4, 0.5) is 0 Å². The average Bonchev–Trinajstić information content (AvgIpc) is 2.32. The molecule has 1 aliphatic rings. The highest BCUT2D eigenvalue weighted by Crippen LogP contribution is 2.35. The van der Waals surface area contributed by atoms with E-state index in [2.05, 4.69) is 63.3 Å². The zero-order valence-electron chi connectivity index (χ0n) is 11.1. The highest BCUT2D eigenvalue weighted by Gasteiger charge is 2.18. The number of benzene rings is 1. The lowest BCUT2D eigenvalue weighted by atomic mass is 9.81. The van der Waals surface area contributed by atoms with E-state index < -0.39 is 0 Å². The zero-order chi connectivity index (χ0) is 12.3. The fraction of sp³-hybridized carbons (Fsp3) is 0.412. The molecule has 1 aromatic carbocycles. The van der Waals surface area contributed by atoms with Crippen molar-refractivity contribution in [3.8, 4) is 0 Å². The predicted octanol–water partition coefficient (Wildman–Crippen LogP) is 5.09. The molecule has 0 aromatic heterocycles. The van der Waals surface area contributed by atoms with Gasteiger partial charge >= 0.3 is 0 Å². The summed E-state index contributed by atoms with van der Waals surface area (Å²) in [6.45, 7) is 6.89. The standard InChI is InChI=1S/C17H22/c1-13(2)12-16-10-7-11-17(14(16)3)15-8-5-4-6-9-15/h4-10,13,17H,11-12H2,1-3H3. The van der Waals surface area contributed by atoms with Gasteiger partial charge in [-0.25, -0.2) is 0 Å². The molecule has 0 heterocycles. The molecule has 17 heavy (non-hydrogen) atoms. The van der Waals surface area contributed by atoms with Gasteiger partial charge in [-0.3, -0.25) is 0 Å². The van der Waals surface area contributed by atoms with E-state index in [1.165, 1.54) is 12.0 Å². The van der Waals surface area contributed by atoms with Gasteiger partial charge in [0.15, 0.2) is 0 Å². The third-order valence-corrected chi connectivity index (χ3v) is 3.55. The fourth-order valence-electron chi connectivity index (χ4n) is 2.62. The van der Waals surface area contributed by atoms with Crippen LogP contribution in [0.15, 0.2) is 53.6 Å². The second-order valence-corrected chi connectivity index (χ2v) is 5.41. The van der Waals surface area contributed by atoms with Crippen molar-refractivity contribution in [2.45, 2.75) is 39.5 Å². The Morgan fingerprint density at radius 3 is 2.53 bits per heavy atom. The molecule has 0 aliphatic heterocycles. The van der Waals surface area contributed by atoms with Crippen LogP contribution in [0.1, 0.15) is 45.1 Å². The summed E-state index contributed by atoms with van der Waals surface area (Å²) >= 11 is 0. The topological polar surface area (TPSA) is 0 Å². The fourth-order valence-corrected chi connectivity index (χ4v) is 2.62. The molecule has 1 atom stereocenters. The first-order valence-corrected chi connectivity index (χ1v) is 6.59. The maximum Gasteiger partial charge on any atom is 0.00858 e. The van der Waals surface area contributed by atoms with Crippen LogP contribution in [0.3, 0.4) is 0 Å². The molecule has 1 aliphatic carbocycles. The molecule has 2 rings (SSSR count). The molecule has 0 nitrogen and oxygen atoms in total. The molecule has 0 bridgehead atoms. The maximum atomic E-state index is 2.34. The Morgan fingerprint density at radius 2 is 1.88 bits per heavy atom. The van der Waals surface area contributed by atoms with E-state index >= 15 is 0 Å². The molecule has 0 spiro atoms. The van der Waals surface area contributed by atoms with Crippen LogP contribution < -0.4 is 0 Å². The summed E-state index contributed by atoms with van der Waals surface area (Å²) in [5, 5.41) is 0. The van der Waals surface area contributed by atoms with E-state index in [0.29, 0.717) is 5.92 Å². The van der Waals surface area contributed by atoms with Crippen molar-refractivity contribution in [1.29, 1.82) is 0 Å². The van der Waals surface area contributed by atoms with E-state index in [1.54, 1.807) is 11.1 Å². The van der Waals surface area contributed by atoms with Gasteiger partial charge in [0.05, 0.1) is 0 Å². The predicted molar refractivity (Wildman–Crippen MR) is 75.1 cm³/mol. The number of rotatable bonds is 3. The van der Waals surface area contributed by atoms with Gasteiger partial charge < -0.3 is 0 Å². The van der Waals surface area contributed by atoms with E-state index in [9.17, 15) is 0 Å². The van der Waals surface area contributed by atoms with E-state index in [4.69, 9.17) is 0 Å². The monoisotopic (exact) mass is 226 g/mol. The quantitative estimate of drug-likeness (QED) is 0.673. The highest BCUT2D eigenvalue weighted by atomic mass is 14.2. The van der Waals surface area contributed by atoms with Crippen molar-refractivity contribution >= 4 is 0 Å². The van der Waals surface area contributed by atoms with Crippen LogP contribution in [0.2, 0.25) is 0 Å². The largest absolute Gasteiger partial charge is 0.0833 e. The molecule has 90 valence electrons. The molecule has 0 heteroatoms. The zero-order valence-corrected chi connectivity index (χ0v) is 11.1. The normalized spacial score (nSPS) is 20.1. The Hall–Kier alpha value is -1.30. The lowest BCUT2D eigenvalue weighted by molar-refractivity contribution is 0.633. The van der Waals surface area contributed by atoms with Crippen molar-refractivity contribution in [2.75, 3.05) is 0 Å². The molecular formula is C17H22. The van der Waals surface area contributed by atoms with Gasteiger partial charge in [-0.1, -0.05) is 61.9 Å². The summed E-state index contributed by atoms with van der Waals surface area (Å²) in [6.07, 6.45) is 7.01. The van der Waals surface area contributed by atoms with Crippen molar-refractivity contribution in [3.63, 3.8) is 0 Å². The minimum atomic E-state index is 0.593. The summed E-state index contributed by atoms with van der Waals surface area (Å²) in [5.41, 5.74) is 4.56. The summed E-state index contributed by atoms with van der Waals surface area (Å²) in [6, 6.07) is 10.9. The Morgan fingerprint density at radius 1 is 1.18 bits per heavy atom. The van der Waals surface area contributed by atoms with Crippen LogP contribution in [0.5, 0.6) is 0 Å². The van der Waals surface area contributed by atoms with E-state index in [0.717, 1.165) is 12.3 Å². The summed E-state index contributed by atoms with van der Waals surface area (Å²) in [4.78, 5) is 0. The second kappa shape index (κ2) is 5.35. The van der Waals surface area contributed by atoms with Gasteiger partial charge in [0.2, 0.25) is 0 Å². The van der Waals surface area contributed by atoms with Gasteiger partial charge in [0.1, 0.15) is 0 Å². The Kier molecular flexibility index (Phi) is 3.83. The van der Waals surface area contributed by atoms with Crippen molar-refractivity contribution in [3.05, 3.63) is 59.2 Å². The van der Waals surface area contributed by atoms with Crippen LogP contribution in [0.25, 0.3) is 0 Å². The summed E-state index contributed by atoms with van der Waals surface area (Å²) in [5.74, 6) is 1.33. The van der Waals surface area contributed by atoms with E-state index in [-0.39, 0.29) is 0 Å². The Bertz CT molecular complexity index is 421. The van der Waals surface area contributed by atoms with Crippen LogP contribution in [-0.2, 0) is 0 Å². The van der Waals surface area contributed by atoms with Gasteiger partial charge in [0, 0.05) is 5.92 Å². The number of hydrogen-bond donors (Lipinski definition) is 0. The molecule has 0 radical (unpaired) electrons. The van der Waals surface area contributed by atoms with Crippen LogP contribution in [-0.4, -0.2) is 0 Å². The molecule has 0 fully saturated rings. The first-order chi connectivity index (χ1) is 8.18. The lowest BCUT2D eigenvalue weighted by Crippen LogP contribution is -2.07. The third kappa shape index (κ3) is 2.88. The maximum absolute atomic E-state index is 2.34. The molecular weight excluding hydrogens is 204 g/mol. The molecule has 0 amide bonds. The smallest absolute Gasteiger partial charge is 0.00858 e. The molecule has 0 saturated heterocycles. The number of allylic oxidation sites excluding steroid dienone is 4. The summed E-state index contributed by atoms with van der Waals surface area (Å²) in [7, 11) is 0. The van der Waals surface area contributed by atoms with Crippen molar-refractivity contribution < 1.29 is 0 Å². The van der Waals surface area contributed by atoms with Crippen molar-refractivity contribution in [1.82, 2.24) is 0 Å². The minimum absolute atomic E-state index is 0.593. The molecule has 0 N–H and O–H groups in total. The lowest BCUT2D eigenvalue weighted by Gasteiger charge is -2.24. The van der Waals surface area contributed by atoms with Gasteiger partial charge in [0.25, 0.3) is 0 Å². The second-order valence-electron chi connectivity index (χ2n) is 5.41.